The molecule has 2 aromatic carbocycles. The van der Waals surface area contributed by atoms with Gasteiger partial charge in [-0.25, -0.2) is 14.0 Å². The van der Waals surface area contributed by atoms with Crippen LogP contribution in [0.15, 0.2) is 53.7 Å². The fourth-order valence-corrected chi connectivity index (χ4v) is 5.33. The van der Waals surface area contributed by atoms with E-state index in [4.69, 9.17) is 27.9 Å². The van der Waals surface area contributed by atoms with Crippen LogP contribution in [0.5, 0.6) is 0 Å². The highest BCUT2D eigenvalue weighted by Gasteiger charge is 2.39. The van der Waals surface area contributed by atoms with Gasteiger partial charge in [-0.2, -0.15) is 0 Å². The SMILES string of the molecule is CCOC(=O)C1=C(CN2CCN(C(=O)c3ccc(F)cc3)C(C)C2)N(C)C(=O)NC1c1ccc(Cl)cc1Cl. The monoisotopic (exact) mass is 562 g/mol. The predicted octanol–water partition coefficient (Wildman–Crippen LogP) is 4.49. The zero-order valence-corrected chi connectivity index (χ0v) is 22.9. The molecule has 2 aromatic rings. The molecule has 0 spiro atoms. The van der Waals surface area contributed by atoms with Crippen molar-refractivity contribution in [3.63, 3.8) is 0 Å². The Balaban J connectivity index is 1.61. The Morgan fingerprint density at radius 2 is 1.84 bits per heavy atom. The highest BCUT2D eigenvalue weighted by Crippen LogP contribution is 2.36. The van der Waals surface area contributed by atoms with E-state index in [0.29, 0.717) is 46.5 Å². The first-order valence-corrected chi connectivity index (χ1v) is 13.0. The summed E-state index contributed by atoms with van der Waals surface area (Å²) < 4.78 is 18.7. The zero-order valence-electron chi connectivity index (χ0n) is 21.3. The van der Waals surface area contributed by atoms with Gasteiger partial charge in [0.1, 0.15) is 5.82 Å². The predicted molar refractivity (Wildman–Crippen MR) is 142 cm³/mol. The van der Waals surface area contributed by atoms with Gasteiger partial charge in [-0.3, -0.25) is 14.6 Å². The van der Waals surface area contributed by atoms with Gasteiger partial charge in [0, 0.05) is 60.6 Å². The lowest BCUT2D eigenvalue weighted by Gasteiger charge is -2.42. The number of nitrogens with one attached hydrogen (secondary N) is 1. The number of ether oxygens (including phenoxy) is 1. The Bertz CT molecular complexity index is 1270. The molecule has 2 aliphatic heterocycles. The normalized spacial score (nSPS) is 20.4. The van der Waals surface area contributed by atoms with Crippen LogP contribution in [0.1, 0.15) is 35.8 Å². The number of halogens is 3. The highest BCUT2D eigenvalue weighted by molar-refractivity contribution is 6.35. The van der Waals surface area contributed by atoms with E-state index >= 15 is 0 Å². The molecule has 0 saturated carbocycles. The molecule has 1 saturated heterocycles. The summed E-state index contributed by atoms with van der Waals surface area (Å²) in [5, 5.41) is 3.60. The van der Waals surface area contributed by atoms with Crippen molar-refractivity contribution in [1.82, 2.24) is 20.0 Å². The van der Waals surface area contributed by atoms with Crippen LogP contribution in [0.3, 0.4) is 0 Å². The van der Waals surface area contributed by atoms with Crippen LogP contribution < -0.4 is 5.32 Å². The van der Waals surface area contributed by atoms with Crippen LogP contribution in [-0.4, -0.2) is 78.5 Å². The van der Waals surface area contributed by atoms with Crippen molar-refractivity contribution in [3.8, 4) is 0 Å². The summed E-state index contributed by atoms with van der Waals surface area (Å²) in [6, 6.07) is 9.01. The third-order valence-corrected chi connectivity index (χ3v) is 7.35. The summed E-state index contributed by atoms with van der Waals surface area (Å²) >= 11 is 12.5. The van der Waals surface area contributed by atoms with E-state index in [-0.39, 0.29) is 36.7 Å². The number of amides is 3. The van der Waals surface area contributed by atoms with Crippen LogP contribution in [0.2, 0.25) is 10.0 Å². The number of hydrogen-bond donors (Lipinski definition) is 1. The molecule has 0 aliphatic carbocycles. The van der Waals surface area contributed by atoms with Crippen molar-refractivity contribution in [3.05, 3.63) is 80.7 Å². The quantitative estimate of drug-likeness (QED) is 0.524. The van der Waals surface area contributed by atoms with Gasteiger partial charge < -0.3 is 15.0 Å². The molecule has 1 fully saturated rings. The molecule has 0 bridgehead atoms. The van der Waals surface area contributed by atoms with E-state index < -0.39 is 17.8 Å². The molecule has 38 heavy (non-hydrogen) atoms. The second-order valence-electron chi connectivity index (χ2n) is 9.28. The Morgan fingerprint density at radius 3 is 2.47 bits per heavy atom. The van der Waals surface area contributed by atoms with E-state index in [0.717, 1.165) is 0 Å². The summed E-state index contributed by atoms with van der Waals surface area (Å²) in [7, 11) is 1.60. The minimum absolute atomic E-state index is 0.155. The number of carbonyl (C=O) groups excluding carboxylic acids is 3. The fraction of sp³-hybridized carbons (Fsp3) is 0.370. The number of nitrogens with zero attached hydrogens (tertiary/aromatic N) is 3. The first kappa shape index (κ1) is 27.9. The molecule has 0 radical (unpaired) electrons. The number of urea groups is 1. The molecule has 2 heterocycles. The van der Waals surface area contributed by atoms with Gasteiger partial charge in [0.15, 0.2) is 0 Å². The van der Waals surface area contributed by atoms with E-state index in [1.54, 1.807) is 37.1 Å². The van der Waals surface area contributed by atoms with Gasteiger partial charge in [-0.15, -0.1) is 0 Å². The first-order chi connectivity index (χ1) is 18.1. The summed E-state index contributed by atoms with van der Waals surface area (Å²) in [5.41, 5.74) is 1.73. The van der Waals surface area contributed by atoms with Crippen molar-refractivity contribution in [1.29, 1.82) is 0 Å². The van der Waals surface area contributed by atoms with Crippen molar-refractivity contribution in [2.24, 2.45) is 0 Å². The Labute approximate surface area is 230 Å². The number of rotatable bonds is 6. The van der Waals surface area contributed by atoms with Gasteiger partial charge in [0.25, 0.3) is 5.91 Å². The van der Waals surface area contributed by atoms with Gasteiger partial charge in [0.05, 0.1) is 18.2 Å². The minimum Gasteiger partial charge on any atom is -0.463 e. The molecule has 11 heteroatoms. The zero-order chi connectivity index (χ0) is 27.6. The molecule has 2 atom stereocenters. The lowest BCUT2D eigenvalue weighted by atomic mass is 9.94. The highest BCUT2D eigenvalue weighted by atomic mass is 35.5. The molecular formula is C27H29Cl2FN4O4. The average molecular weight is 563 g/mol. The average Bonchev–Trinajstić information content (AvgIpc) is 2.87. The first-order valence-electron chi connectivity index (χ1n) is 12.3. The van der Waals surface area contributed by atoms with Crippen molar-refractivity contribution in [2.45, 2.75) is 25.9 Å². The standard InChI is InChI=1S/C27H29Cl2FN4O4/c1-4-38-26(36)23-22(32(3)27(37)31-24(23)20-10-7-18(28)13-21(20)29)15-33-11-12-34(16(2)14-33)25(35)17-5-8-19(30)9-6-17/h5-10,13,16,24H,4,11-12,14-15H2,1-3H3,(H,31,37). The summed E-state index contributed by atoms with van der Waals surface area (Å²) in [6.07, 6.45) is 0. The number of carbonyl (C=O) groups is 3. The Hall–Kier alpha value is -3.14. The minimum atomic E-state index is -0.823. The van der Waals surface area contributed by atoms with Crippen LogP contribution in [0, 0.1) is 5.82 Å². The molecule has 2 aliphatic rings. The molecule has 0 aromatic heterocycles. The van der Waals surface area contributed by atoms with Gasteiger partial charge in [-0.05, 0) is 55.8 Å². The number of hydrogen-bond acceptors (Lipinski definition) is 5. The van der Waals surface area contributed by atoms with Gasteiger partial charge in [-0.1, -0.05) is 29.3 Å². The Morgan fingerprint density at radius 1 is 1.13 bits per heavy atom. The maximum atomic E-state index is 13.3. The van der Waals surface area contributed by atoms with Crippen LogP contribution in [0.4, 0.5) is 9.18 Å². The van der Waals surface area contributed by atoms with Crippen molar-refractivity contribution >= 4 is 41.1 Å². The summed E-state index contributed by atoms with van der Waals surface area (Å²) in [4.78, 5) is 44.5. The van der Waals surface area contributed by atoms with Crippen molar-refractivity contribution < 1.29 is 23.5 Å². The molecule has 4 rings (SSSR count). The second-order valence-corrected chi connectivity index (χ2v) is 10.1. The number of benzene rings is 2. The van der Waals surface area contributed by atoms with E-state index in [9.17, 15) is 18.8 Å². The molecule has 202 valence electrons. The number of likely N-dealkylation sites (N-methyl/N-ethyl adjacent to an activating group) is 1. The largest absolute Gasteiger partial charge is 0.463 e. The maximum Gasteiger partial charge on any atom is 0.338 e. The number of esters is 1. The van der Waals surface area contributed by atoms with Crippen LogP contribution in [0.25, 0.3) is 0 Å². The van der Waals surface area contributed by atoms with Crippen LogP contribution >= 0.6 is 23.2 Å². The lowest BCUT2D eigenvalue weighted by molar-refractivity contribution is -0.139. The lowest BCUT2D eigenvalue weighted by Crippen LogP contribution is -2.56. The summed E-state index contributed by atoms with van der Waals surface area (Å²) in [5.74, 6) is -1.12. The van der Waals surface area contributed by atoms with Crippen LogP contribution in [-0.2, 0) is 9.53 Å². The maximum absolute atomic E-state index is 13.3. The molecule has 2 unspecified atom stereocenters. The number of piperazine rings is 1. The van der Waals surface area contributed by atoms with Gasteiger partial charge >= 0.3 is 12.0 Å². The van der Waals surface area contributed by atoms with Gasteiger partial charge in [0.2, 0.25) is 0 Å². The smallest absolute Gasteiger partial charge is 0.338 e. The third-order valence-electron chi connectivity index (χ3n) is 6.78. The topological polar surface area (TPSA) is 82.2 Å². The fourth-order valence-electron chi connectivity index (χ4n) is 4.82. The molecular weight excluding hydrogens is 534 g/mol. The second kappa shape index (κ2) is 11.7. The third kappa shape index (κ3) is 5.80. The van der Waals surface area contributed by atoms with Crippen molar-refractivity contribution in [2.75, 3.05) is 39.8 Å². The van der Waals surface area contributed by atoms with E-state index in [2.05, 4.69) is 10.2 Å². The Kier molecular flexibility index (Phi) is 8.60. The summed E-state index contributed by atoms with van der Waals surface area (Å²) in [6.45, 7) is 5.54. The van der Waals surface area contributed by atoms with E-state index in [1.807, 2.05) is 6.92 Å². The molecule has 1 N–H and O–H groups in total. The molecule has 3 amide bonds. The molecule has 8 nitrogen and oxygen atoms in total. The van der Waals surface area contributed by atoms with E-state index in [1.165, 1.54) is 29.2 Å².